The van der Waals surface area contributed by atoms with E-state index in [-0.39, 0.29) is 41.5 Å². The van der Waals surface area contributed by atoms with E-state index in [0.29, 0.717) is 6.07 Å². The van der Waals surface area contributed by atoms with E-state index in [1.165, 1.54) is 26.0 Å². The molecule has 1 aliphatic heterocycles. The second-order valence-electron chi connectivity index (χ2n) is 10.1. The quantitative estimate of drug-likeness (QED) is 0.275. The number of ether oxygens (including phenoxy) is 3. The first kappa shape index (κ1) is 30.9. The lowest BCUT2D eigenvalue weighted by atomic mass is 9.89. The van der Waals surface area contributed by atoms with Gasteiger partial charge in [-0.15, -0.1) is 0 Å². The molecule has 0 aliphatic carbocycles. The van der Waals surface area contributed by atoms with Crippen molar-refractivity contribution in [2.75, 3.05) is 26.9 Å². The van der Waals surface area contributed by atoms with Crippen LogP contribution in [0.25, 0.3) is 11.3 Å². The number of aliphatic hydroxyl groups is 2. The summed E-state index contributed by atoms with van der Waals surface area (Å²) in [6, 6.07) is 7.41. The summed E-state index contributed by atoms with van der Waals surface area (Å²) in [6.45, 7) is 1.09. The Morgan fingerprint density at radius 3 is 2.48 bits per heavy atom. The number of hydrogen-bond acceptors (Lipinski definition) is 8. The first-order valence-electron chi connectivity index (χ1n) is 12.6. The first-order valence-corrected chi connectivity index (χ1v) is 12.6. The molecule has 3 atom stereocenters. The highest BCUT2D eigenvalue weighted by Gasteiger charge is 2.57. The number of aromatic nitrogens is 1. The summed E-state index contributed by atoms with van der Waals surface area (Å²) in [5.74, 6) is -3.44. The summed E-state index contributed by atoms with van der Waals surface area (Å²) in [4.78, 5) is 16.9. The Hall–Kier alpha value is -4.01. The normalized spacial score (nSPS) is 18.5. The summed E-state index contributed by atoms with van der Waals surface area (Å²) in [6.07, 6.45) is -6.31. The molecule has 0 unspecified atom stereocenters. The minimum absolute atomic E-state index is 0.0735. The number of nitrogens with two attached hydrogens (primary N) is 1. The van der Waals surface area contributed by atoms with Crippen molar-refractivity contribution in [3.8, 4) is 28.5 Å². The minimum Gasteiger partial charge on any atom is -0.493 e. The molecule has 1 aromatic heterocycles. The van der Waals surface area contributed by atoms with E-state index in [0.717, 1.165) is 31.4 Å². The molecule has 42 heavy (non-hydrogen) atoms. The summed E-state index contributed by atoms with van der Waals surface area (Å²) in [7, 11) is 1.15. The number of aliphatic hydroxyl groups excluding tert-OH is 1. The van der Waals surface area contributed by atoms with Gasteiger partial charge < -0.3 is 35.5 Å². The number of carbonyl (C=O) groups is 1. The van der Waals surface area contributed by atoms with E-state index in [2.05, 4.69) is 4.98 Å². The third kappa shape index (κ3) is 5.96. The van der Waals surface area contributed by atoms with E-state index in [1.54, 1.807) is 0 Å². The number of hydrogen-bond donors (Lipinski definition) is 4. The lowest BCUT2D eigenvalue weighted by Crippen LogP contribution is -2.51. The van der Waals surface area contributed by atoms with Crippen LogP contribution in [0.5, 0.6) is 17.2 Å². The highest BCUT2D eigenvalue weighted by atomic mass is 19.4. The van der Waals surface area contributed by atoms with E-state index in [9.17, 15) is 37.0 Å². The molecule has 0 fully saturated rings. The molecule has 0 saturated heterocycles. The Morgan fingerprint density at radius 2 is 1.88 bits per heavy atom. The average molecular weight is 598 g/mol. The van der Waals surface area contributed by atoms with Crippen LogP contribution in [-0.2, 0) is 11.1 Å². The van der Waals surface area contributed by atoms with Crippen molar-refractivity contribution in [1.82, 2.24) is 10.3 Å². The van der Waals surface area contributed by atoms with Crippen LogP contribution in [0.2, 0.25) is 0 Å². The van der Waals surface area contributed by atoms with Gasteiger partial charge in [0.15, 0.2) is 23.1 Å². The van der Waals surface area contributed by atoms with Crippen LogP contribution >= 0.6 is 0 Å². The molecule has 4 rings (SSSR count). The Balaban J connectivity index is 1.72. The lowest BCUT2D eigenvalue weighted by Gasteiger charge is -2.31. The summed E-state index contributed by atoms with van der Waals surface area (Å²) in [5, 5.41) is 22.4. The van der Waals surface area contributed by atoms with Gasteiger partial charge in [-0.2, -0.15) is 13.2 Å². The maximum Gasteiger partial charge on any atom is 0.424 e. The number of amides is 1. The van der Waals surface area contributed by atoms with Crippen molar-refractivity contribution < 1.29 is 51.2 Å². The van der Waals surface area contributed by atoms with Crippen LogP contribution in [0.4, 0.5) is 22.0 Å². The van der Waals surface area contributed by atoms with Crippen LogP contribution in [0.15, 0.2) is 42.5 Å². The first-order chi connectivity index (χ1) is 19.6. The maximum atomic E-state index is 14.7. The van der Waals surface area contributed by atoms with Gasteiger partial charge >= 0.3 is 6.18 Å². The molecule has 0 bridgehead atoms. The Kier molecular flexibility index (Phi) is 8.36. The monoisotopic (exact) mass is 597 g/mol. The fraction of sp³-hybridized carbons (Fsp3) is 0.357. The fourth-order valence-electron chi connectivity index (χ4n) is 4.26. The van der Waals surface area contributed by atoms with Crippen LogP contribution in [0, 0.1) is 11.6 Å². The van der Waals surface area contributed by atoms with Crippen molar-refractivity contribution in [2.24, 2.45) is 5.73 Å². The number of alkyl halides is 3. The molecule has 14 heteroatoms. The smallest absolute Gasteiger partial charge is 0.424 e. The predicted molar refractivity (Wildman–Crippen MR) is 139 cm³/mol. The number of fused-ring (bicyclic) bond motifs is 1. The zero-order chi connectivity index (χ0) is 31.0. The number of methoxy groups -OCH3 is 1. The Morgan fingerprint density at radius 1 is 1.21 bits per heavy atom. The van der Waals surface area contributed by atoms with Gasteiger partial charge in [-0.1, -0.05) is 0 Å². The summed E-state index contributed by atoms with van der Waals surface area (Å²) >= 11 is 0. The molecule has 1 aliphatic rings. The van der Waals surface area contributed by atoms with E-state index in [1.807, 2.05) is 5.32 Å². The van der Waals surface area contributed by atoms with Crippen molar-refractivity contribution in [2.45, 2.75) is 37.3 Å². The number of rotatable bonds is 9. The molecule has 2 heterocycles. The van der Waals surface area contributed by atoms with Gasteiger partial charge in [-0.25, -0.2) is 13.8 Å². The van der Waals surface area contributed by atoms with Gasteiger partial charge in [0.25, 0.3) is 5.91 Å². The molecular weight excluding hydrogens is 569 g/mol. The van der Waals surface area contributed by atoms with E-state index >= 15 is 0 Å². The molecule has 3 aromatic rings. The molecule has 5 N–H and O–H groups in total. The number of halogens is 5. The molecule has 0 spiro atoms. The lowest BCUT2D eigenvalue weighted by molar-refractivity contribution is -0.265. The SMILES string of the molecule is COc1cc(C(=O)NC[C@@](O)(c2cc3c(c(-c4ccc(F)cc4)n2)OC[C@@]3(C)N)C(F)(F)F)cc(F)c1OC[C@@H](C)O. The molecule has 1 amide bonds. The summed E-state index contributed by atoms with van der Waals surface area (Å²) in [5.41, 5.74) is 0.102. The number of benzene rings is 2. The van der Waals surface area contributed by atoms with E-state index in [4.69, 9.17) is 19.9 Å². The standard InChI is InChI=1S/C28H28F5N3O6/c1-14(37)11-41-24-19(30)8-16(9-20(24)40-3)25(38)35-12-27(39,28(31,32)33)21-10-18-23(42-13-26(18,2)34)22(36-21)15-4-6-17(29)7-5-15/h4-10,14,37,39H,11-13,34H2,1-3H3,(H,35,38)/t14-,26-,27-/m1/s1. The molecule has 0 saturated carbocycles. The van der Waals surface area contributed by atoms with Crippen molar-refractivity contribution in [3.63, 3.8) is 0 Å². The van der Waals surface area contributed by atoms with Gasteiger partial charge in [0.05, 0.1) is 31.0 Å². The molecular formula is C28H28F5N3O6. The van der Waals surface area contributed by atoms with Gasteiger partial charge in [0, 0.05) is 16.7 Å². The van der Waals surface area contributed by atoms with Gasteiger partial charge in [-0.05, 0) is 56.3 Å². The van der Waals surface area contributed by atoms with Crippen LogP contribution in [-0.4, -0.2) is 60.3 Å². The van der Waals surface area contributed by atoms with Crippen molar-refractivity contribution >= 4 is 5.91 Å². The molecule has 226 valence electrons. The van der Waals surface area contributed by atoms with Gasteiger partial charge in [-0.3, -0.25) is 4.79 Å². The zero-order valence-electron chi connectivity index (χ0n) is 22.7. The largest absolute Gasteiger partial charge is 0.493 e. The minimum atomic E-state index is -5.37. The van der Waals surface area contributed by atoms with Crippen LogP contribution in [0.3, 0.4) is 0 Å². The molecule has 2 aromatic carbocycles. The van der Waals surface area contributed by atoms with Crippen LogP contribution < -0.4 is 25.3 Å². The van der Waals surface area contributed by atoms with Gasteiger partial charge in [0.1, 0.15) is 24.7 Å². The molecule has 9 nitrogen and oxygen atoms in total. The van der Waals surface area contributed by atoms with E-state index < -0.39 is 64.5 Å². The maximum absolute atomic E-state index is 14.7. The molecule has 0 radical (unpaired) electrons. The third-order valence-electron chi connectivity index (χ3n) is 6.58. The number of nitrogens with zero attached hydrogens (tertiary/aromatic N) is 1. The predicted octanol–water partition coefficient (Wildman–Crippen LogP) is 3.54. The number of carbonyl (C=O) groups excluding carboxylic acids is 1. The van der Waals surface area contributed by atoms with Gasteiger partial charge in [0.2, 0.25) is 5.60 Å². The highest BCUT2D eigenvalue weighted by molar-refractivity contribution is 5.95. The topological polar surface area (TPSA) is 136 Å². The zero-order valence-corrected chi connectivity index (χ0v) is 22.7. The third-order valence-corrected chi connectivity index (χ3v) is 6.58. The Bertz CT molecular complexity index is 1480. The number of nitrogens with one attached hydrogen (secondary N) is 1. The van der Waals surface area contributed by atoms with Crippen molar-refractivity contribution in [1.29, 1.82) is 0 Å². The van der Waals surface area contributed by atoms with Crippen LogP contribution in [0.1, 0.15) is 35.5 Å². The summed E-state index contributed by atoms with van der Waals surface area (Å²) < 4.78 is 87.6. The highest BCUT2D eigenvalue weighted by Crippen LogP contribution is 2.46. The second kappa shape index (κ2) is 11.3. The average Bonchev–Trinajstić information content (AvgIpc) is 3.23. The fourth-order valence-corrected chi connectivity index (χ4v) is 4.26. The van der Waals surface area contributed by atoms with Crippen molar-refractivity contribution in [3.05, 3.63) is 70.9 Å². The number of pyridine rings is 1. The Labute approximate surface area is 237 Å². The second-order valence-corrected chi connectivity index (χ2v) is 10.1.